The van der Waals surface area contributed by atoms with Gasteiger partial charge in [0.15, 0.2) is 11.9 Å². The second-order valence-electron chi connectivity index (χ2n) is 5.39. The number of carbonyl (C=O) groups is 2. The minimum atomic E-state index is -3.78. The Morgan fingerprint density at radius 2 is 1.96 bits per heavy atom. The van der Waals surface area contributed by atoms with E-state index in [1.54, 1.807) is 6.92 Å². The van der Waals surface area contributed by atoms with Crippen LogP contribution in [0.15, 0.2) is 21.6 Å². The number of amides is 1. The van der Waals surface area contributed by atoms with Crippen molar-refractivity contribution < 1.29 is 32.3 Å². The summed E-state index contributed by atoms with van der Waals surface area (Å²) in [5.41, 5.74) is 0. The fraction of sp³-hybridized carbons (Fsp3) is 0.538. The van der Waals surface area contributed by atoms with Crippen LogP contribution in [-0.4, -0.2) is 74.0 Å². The number of carboxylic acids is 1. The maximum absolute atomic E-state index is 12.4. The molecule has 1 unspecified atom stereocenters. The first-order valence-corrected chi connectivity index (χ1v) is 8.27. The number of hydrogen-bond donors (Lipinski definition) is 1. The van der Waals surface area contributed by atoms with Crippen molar-refractivity contribution in [3.63, 3.8) is 0 Å². The lowest BCUT2D eigenvalue weighted by Gasteiger charge is -2.34. The largest absolute Gasteiger partial charge is 0.479 e. The Kier molecular flexibility index (Phi) is 4.78. The predicted molar refractivity (Wildman–Crippen MR) is 77.5 cm³/mol. The van der Waals surface area contributed by atoms with Gasteiger partial charge in [-0.1, -0.05) is 0 Å². The van der Waals surface area contributed by atoms with Gasteiger partial charge in [-0.3, -0.25) is 4.79 Å². The van der Waals surface area contributed by atoms with Crippen LogP contribution in [0, 0.1) is 0 Å². The number of sulfonamides is 1. The molecule has 1 aromatic heterocycles. The number of morpholine rings is 1. The molecule has 0 spiro atoms. The highest BCUT2D eigenvalue weighted by molar-refractivity contribution is 7.88. The molecule has 2 rings (SSSR count). The highest BCUT2D eigenvalue weighted by Crippen LogP contribution is 2.20. The van der Waals surface area contributed by atoms with E-state index in [-0.39, 0.29) is 23.9 Å². The van der Waals surface area contributed by atoms with E-state index >= 15 is 0 Å². The first-order valence-electron chi connectivity index (χ1n) is 6.83. The molecule has 2 heterocycles. The molecule has 1 aromatic rings. The normalized spacial score (nSPS) is 22.3. The Hall–Kier alpha value is -1.91. The first-order chi connectivity index (χ1) is 10.6. The van der Waals surface area contributed by atoms with Gasteiger partial charge in [0.25, 0.3) is 15.9 Å². The van der Waals surface area contributed by atoms with Crippen LogP contribution in [0.4, 0.5) is 0 Å². The highest BCUT2D eigenvalue weighted by Gasteiger charge is 2.34. The van der Waals surface area contributed by atoms with E-state index in [1.165, 1.54) is 31.1 Å². The van der Waals surface area contributed by atoms with Crippen LogP contribution in [0.1, 0.15) is 17.5 Å². The minimum Gasteiger partial charge on any atom is -0.479 e. The van der Waals surface area contributed by atoms with Crippen molar-refractivity contribution in [1.29, 1.82) is 0 Å². The fourth-order valence-electron chi connectivity index (χ4n) is 2.16. The quantitative estimate of drug-likeness (QED) is 0.805. The molecule has 10 heteroatoms. The van der Waals surface area contributed by atoms with Gasteiger partial charge in [-0.05, 0) is 19.1 Å². The topological polar surface area (TPSA) is 117 Å². The zero-order valence-corrected chi connectivity index (χ0v) is 13.7. The molecule has 0 bridgehead atoms. The Morgan fingerprint density at radius 3 is 2.52 bits per heavy atom. The molecule has 1 aliphatic rings. The molecular weight excluding hydrogens is 328 g/mol. The van der Waals surface area contributed by atoms with Gasteiger partial charge < -0.3 is 19.2 Å². The predicted octanol–water partition coefficient (Wildman–Crippen LogP) is -0.156. The highest BCUT2D eigenvalue weighted by atomic mass is 32.2. The molecule has 2 atom stereocenters. The van der Waals surface area contributed by atoms with Gasteiger partial charge in [-0.15, -0.1) is 0 Å². The maximum Gasteiger partial charge on any atom is 0.334 e. The smallest absolute Gasteiger partial charge is 0.334 e. The van der Waals surface area contributed by atoms with Gasteiger partial charge in [0, 0.05) is 20.6 Å². The zero-order valence-electron chi connectivity index (χ0n) is 12.9. The van der Waals surface area contributed by atoms with Crippen LogP contribution >= 0.6 is 0 Å². The molecule has 1 N–H and O–H groups in total. The van der Waals surface area contributed by atoms with Gasteiger partial charge in [-0.2, -0.15) is 0 Å². The number of rotatable bonds is 4. The van der Waals surface area contributed by atoms with Crippen molar-refractivity contribution in [3.05, 3.63) is 17.9 Å². The summed E-state index contributed by atoms with van der Waals surface area (Å²) in [4.78, 5) is 24.7. The Balaban J connectivity index is 2.21. The average molecular weight is 346 g/mol. The van der Waals surface area contributed by atoms with Crippen LogP contribution in [-0.2, 0) is 19.6 Å². The van der Waals surface area contributed by atoms with E-state index in [0.29, 0.717) is 0 Å². The second kappa shape index (κ2) is 6.30. The maximum atomic E-state index is 12.4. The van der Waals surface area contributed by atoms with E-state index in [0.717, 1.165) is 4.31 Å². The average Bonchev–Trinajstić information content (AvgIpc) is 2.95. The molecule has 1 saturated heterocycles. The lowest BCUT2D eigenvalue weighted by Crippen LogP contribution is -2.51. The summed E-state index contributed by atoms with van der Waals surface area (Å²) < 4.78 is 35.2. The van der Waals surface area contributed by atoms with Crippen molar-refractivity contribution in [2.24, 2.45) is 0 Å². The Bertz CT molecular complexity index is 710. The molecule has 128 valence electrons. The zero-order chi connectivity index (χ0) is 17.4. The third-order valence-corrected chi connectivity index (χ3v) is 5.04. The molecule has 0 aromatic carbocycles. The summed E-state index contributed by atoms with van der Waals surface area (Å²) in [5.74, 6) is -1.90. The number of ether oxygens (including phenoxy) is 1. The third-order valence-electron chi connectivity index (χ3n) is 3.35. The number of carboxylic acid groups (broad SMARTS) is 1. The third kappa shape index (κ3) is 3.54. The van der Waals surface area contributed by atoms with Crippen LogP contribution < -0.4 is 0 Å². The molecule has 0 radical (unpaired) electrons. The van der Waals surface area contributed by atoms with E-state index < -0.39 is 34.1 Å². The minimum absolute atomic E-state index is 0.130. The monoisotopic (exact) mass is 346 g/mol. The van der Waals surface area contributed by atoms with Crippen molar-refractivity contribution in [2.75, 3.05) is 27.2 Å². The van der Waals surface area contributed by atoms with Crippen LogP contribution in [0.3, 0.4) is 0 Å². The summed E-state index contributed by atoms with van der Waals surface area (Å²) in [7, 11) is -1.08. The van der Waals surface area contributed by atoms with E-state index in [4.69, 9.17) is 14.3 Å². The molecule has 9 nitrogen and oxygen atoms in total. The van der Waals surface area contributed by atoms with Gasteiger partial charge in [0.05, 0.1) is 12.6 Å². The Morgan fingerprint density at radius 1 is 1.30 bits per heavy atom. The van der Waals surface area contributed by atoms with Crippen LogP contribution in [0.5, 0.6) is 0 Å². The number of nitrogens with zero attached hydrogens (tertiary/aromatic N) is 2. The summed E-state index contributed by atoms with van der Waals surface area (Å²) >= 11 is 0. The summed E-state index contributed by atoms with van der Waals surface area (Å²) in [6.07, 6.45) is -1.57. The van der Waals surface area contributed by atoms with Crippen LogP contribution in [0.25, 0.3) is 0 Å². The van der Waals surface area contributed by atoms with E-state index in [9.17, 15) is 18.0 Å². The molecule has 23 heavy (non-hydrogen) atoms. The first kappa shape index (κ1) is 17.4. The molecule has 1 amide bonds. The molecular formula is C13H18N2O7S. The lowest BCUT2D eigenvalue weighted by atomic mass is 10.2. The van der Waals surface area contributed by atoms with Crippen molar-refractivity contribution in [2.45, 2.75) is 24.2 Å². The van der Waals surface area contributed by atoms with Crippen molar-refractivity contribution in [3.8, 4) is 0 Å². The van der Waals surface area contributed by atoms with Gasteiger partial charge in [0.2, 0.25) is 5.09 Å². The second-order valence-corrected chi connectivity index (χ2v) is 7.47. The number of furan rings is 1. The number of aliphatic carboxylic acids is 1. The fourth-order valence-corrected chi connectivity index (χ4v) is 2.96. The summed E-state index contributed by atoms with van der Waals surface area (Å²) in [5, 5.41) is 8.68. The molecule has 1 aliphatic heterocycles. The number of hydrogen-bond acceptors (Lipinski definition) is 6. The SMILES string of the molecule is C[C@@H]1CN(C(=O)c2ccc(S(=O)(=O)N(C)C)o2)CC(C(=O)O)O1. The molecule has 0 saturated carbocycles. The van der Waals surface area contributed by atoms with Crippen molar-refractivity contribution >= 4 is 21.9 Å². The van der Waals surface area contributed by atoms with Gasteiger partial charge >= 0.3 is 5.97 Å². The summed E-state index contributed by atoms with van der Waals surface area (Å²) in [6, 6.07) is 2.45. The van der Waals surface area contributed by atoms with Crippen molar-refractivity contribution in [1.82, 2.24) is 9.21 Å². The van der Waals surface area contributed by atoms with Gasteiger partial charge in [-0.25, -0.2) is 17.5 Å². The van der Waals surface area contributed by atoms with E-state index in [2.05, 4.69) is 0 Å². The lowest BCUT2D eigenvalue weighted by molar-refractivity contribution is -0.160. The molecule has 0 aliphatic carbocycles. The number of carbonyl (C=O) groups excluding carboxylic acids is 1. The molecule has 1 fully saturated rings. The van der Waals surface area contributed by atoms with Gasteiger partial charge in [0.1, 0.15) is 0 Å². The standard InChI is InChI=1S/C13H18N2O7S/c1-8-6-15(7-10(21-8)13(17)18)12(16)9-4-5-11(22-9)23(19,20)14(2)3/h4-5,8,10H,6-7H2,1-3H3,(H,17,18)/t8-,10?/m1/s1. The summed E-state index contributed by atoms with van der Waals surface area (Å²) in [6.45, 7) is 1.72. The van der Waals surface area contributed by atoms with E-state index in [1.807, 2.05) is 0 Å². The Labute approximate surface area is 133 Å². The van der Waals surface area contributed by atoms with Crippen LogP contribution in [0.2, 0.25) is 0 Å².